The first-order valence-corrected chi connectivity index (χ1v) is 6.44. The van der Waals surface area contributed by atoms with E-state index in [1.54, 1.807) is 21.1 Å². The van der Waals surface area contributed by atoms with Crippen LogP contribution in [0.5, 0.6) is 0 Å². The summed E-state index contributed by atoms with van der Waals surface area (Å²) in [5.74, 6) is -0.308. The standard InChI is InChI=1S/C9H16N4O3S/c1-7(9(14)12(2)3)11-17(15,16)8-5-10-13(4)6-8/h5-7,11H,1-4H3/t7-/m0/s1. The van der Waals surface area contributed by atoms with Crippen molar-refractivity contribution in [3.8, 4) is 0 Å². The molecule has 1 atom stereocenters. The van der Waals surface area contributed by atoms with Gasteiger partial charge in [0.2, 0.25) is 15.9 Å². The van der Waals surface area contributed by atoms with Gasteiger partial charge in [-0.15, -0.1) is 0 Å². The van der Waals surface area contributed by atoms with Crippen molar-refractivity contribution in [2.24, 2.45) is 7.05 Å². The number of hydrogen-bond acceptors (Lipinski definition) is 4. The van der Waals surface area contributed by atoms with Crippen molar-refractivity contribution in [1.29, 1.82) is 0 Å². The van der Waals surface area contributed by atoms with Crippen LogP contribution in [0.3, 0.4) is 0 Å². The number of hydrogen-bond donors (Lipinski definition) is 1. The maximum absolute atomic E-state index is 11.8. The summed E-state index contributed by atoms with van der Waals surface area (Å²) in [5, 5.41) is 3.77. The Labute approximate surface area is 100 Å². The third kappa shape index (κ3) is 3.27. The number of nitrogens with zero attached hydrogens (tertiary/aromatic N) is 3. The second-order valence-electron chi connectivity index (χ2n) is 3.93. The molecule has 8 heteroatoms. The van der Waals surface area contributed by atoms with Gasteiger partial charge in [0.25, 0.3) is 0 Å². The molecule has 0 radical (unpaired) electrons. The van der Waals surface area contributed by atoms with Crippen LogP contribution in [0.2, 0.25) is 0 Å². The van der Waals surface area contributed by atoms with Crippen LogP contribution in [0.1, 0.15) is 6.92 Å². The molecule has 0 saturated carbocycles. The molecule has 0 fully saturated rings. The zero-order chi connectivity index (χ0) is 13.2. The molecule has 96 valence electrons. The van der Waals surface area contributed by atoms with Gasteiger partial charge in [-0.25, -0.2) is 8.42 Å². The monoisotopic (exact) mass is 260 g/mol. The highest BCUT2D eigenvalue weighted by Gasteiger charge is 2.23. The second-order valence-corrected chi connectivity index (χ2v) is 5.64. The van der Waals surface area contributed by atoms with Crippen molar-refractivity contribution >= 4 is 15.9 Å². The quantitative estimate of drug-likeness (QED) is 0.766. The summed E-state index contributed by atoms with van der Waals surface area (Å²) in [6, 6.07) is -0.810. The molecule has 1 amide bonds. The van der Waals surface area contributed by atoms with E-state index >= 15 is 0 Å². The number of carbonyl (C=O) groups excluding carboxylic acids is 1. The first-order chi connectivity index (χ1) is 7.74. The Bertz CT molecular complexity index is 506. The molecule has 1 N–H and O–H groups in total. The summed E-state index contributed by atoms with van der Waals surface area (Å²) < 4.78 is 27.4. The zero-order valence-electron chi connectivity index (χ0n) is 10.2. The molecule has 0 spiro atoms. The van der Waals surface area contributed by atoms with Crippen molar-refractivity contribution < 1.29 is 13.2 Å². The molecule has 0 aliphatic carbocycles. The van der Waals surface area contributed by atoms with Crippen molar-refractivity contribution in [3.05, 3.63) is 12.4 Å². The van der Waals surface area contributed by atoms with Gasteiger partial charge in [-0.3, -0.25) is 9.48 Å². The van der Waals surface area contributed by atoms with Crippen LogP contribution in [0, 0.1) is 0 Å². The molecule has 7 nitrogen and oxygen atoms in total. The number of sulfonamides is 1. The van der Waals surface area contributed by atoms with Gasteiger partial charge in [0.1, 0.15) is 4.90 Å². The lowest BCUT2D eigenvalue weighted by molar-refractivity contribution is -0.130. The highest BCUT2D eigenvalue weighted by Crippen LogP contribution is 2.07. The molecular weight excluding hydrogens is 244 g/mol. The van der Waals surface area contributed by atoms with E-state index in [0.717, 1.165) is 0 Å². The summed E-state index contributed by atoms with van der Waals surface area (Å²) in [7, 11) is 1.05. The molecule has 0 unspecified atom stereocenters. The van der Waals surface area contributed by atoms with Gasteiger partial charge in [-0.2, -0.15) is 9.82 Å². The van der Waals surface area contributed by atoms with Crippen LogP contribution in [0.15, 0.2) is 17.3 Å². The number of rotatable bonds is 4. The Kier molecular flexibility index (Phi) is 3.89. The van der Waals surface area contributed by atoms with E-state index in [-0.39, 0.29) is 10.8 Å². The van der Waals surface area contributed by atoms with E-state index in [0.29, 0.717) is 0 Å². The first kappa shape index (κ1) is 13.7. The molecule has 1 aromatic heterocycles. The summed E-state index contributed by atoms with van der Waals surface area (Å²) >= 11 is 0. The summed E-state index contributed by atoms with van der Waals surface area (Å²) in [5.41, 5.74) is 0. The fourth-order valence-electron chi connectivity index (χ4n) is 1.28. The number of aromatic nitrogens is 2. The van der Waals surface area contributed by atoms with Gasteiger partial charge in [-0.05, 0) is 6.92 Å². The van der Waals surface area contributed by atoms with Crippen molar-refractivity contribution in [1.82, 2.24) is 19.4 Å². The SMILES string of the molecule is C[C@H](NS(=O)(=O)c1cnn(C)c1)C(=O)N(C)C. The molecule has 0 aliphatic heterocycles. The Morgan fingerprint density at radius 1 is 1.53 bits per heavy atom. The fraction of sp³-hybridized carbons (Fsp3) is 0.556. The zero-order valence-corrected chi connectivity index (χ0v) is 11.0. The van der Waals surface area contributed by atoms with Gasteiger partial charge < -0.3 is 4.90 Å². The number of carbonyl (C=O) groups is 1. The minimum Gasteiger partial charge on any atom is -0.347 e. The highest BCUT2D eigenvalue weighted by atomic mass is 32.2. The van der Waals surface area contributed by atoms with E-state index in [4.69, 9.17) is 0 Å². The van der Waals surface area contributed by atoms with Gasteiger partial charge in [0.05, 0.1) is 12.2 Å². The molecule has 1 aromatic rings. The lowest BCUT2D eigenvalue weighted by Gasteiger charge is -2.17. The van der Waals surface area contributed by atoms with E-state index in [2.05, 4.69) is 9.82 Å². The molecular formula is C9H16N4O3S. The van der Waals surface area contributed by atoms with Crippen molar-refractivity contribution in [3.63, 3.8) is 0 Å². The molecule has 1 heterocycles. The third-order valence-corrected chi connectivity index (χ3v) is 3.63. The highest BCUT2D eigenvalue weighted by molar-refractivity contribution is 7.89. The maximum atomic E-state index is 11.8. The predicted octanol–water partition coefficient (Wildman–Crippen LogP) is -0.825. The van der Waals surface area contributed by atoms with Crippen LogP contribution in [0.25, 0.3) is 0 Å². The van der Waals surface area contributed by atoms with Crippen LogP contribution < -0.4 is 4.72 Å². The van der Waals surface area contributed by atoms with Gasteiger partial charge in [0, 0.05) is 27.3 Å². The Morgan fingerprint density at radius 3 is 2.53 bits per heavy atom. The van der Waals surface area contributed by atoms with Gasteiger partial charge in [0.15, 0.2) is 0 Å². The topological polar surface area (TPSA) is 84.3 Å². The largest absolute Gasteiger partial charge is 0.347 e. The maximum Gasteiger partial charge on any atom is 0.244 e. The average Bonchev–Trinajstić information content (AvgIpc) is 2.63. The predicted molar refractivity (Wildman–Crippen MR) is 61.7 cm³/mol. The van der Waals surface area contributed by atoms with Crippen LogP contribution in [-0.2, 0) is 21.9 Å². The first-order valence-electron chi connectivity index (χ1n) is 4.96. The average molecular weight is 260 g/mol. The number of nitrogens with one attached hydrogen (secondary N) is 1. The van der Waals surface area contributed by atoms with Gasteiger partial charge in [-0.1, -0.05) is 0 Å². The molecule has 0 bridgehead atoms. The smallest absolute Gasteiger partial charge is 0.244 e. The molecule has 17 heavy (non-hydrogen) atoms. The van der Waals surface area contributed by atoms with Crippen LogP contribution in [-0.4, -0.2) is 49.1 Å². The fourth-order valence-corrected chi connectivity index (χ4v) is 2.46. The number of aryl methyl sites for hydroxylation is 1. The van der Waals surface area contributed by atoms with Crippen LogP contribution in [0.4, 0.5) is 0 Å². The Morgan fingerprint density at radius 2 is 2.12 bits per heavy atom. The minimum absolute atomic E-state index is 0.0402. The Hall–Kier alpha value is -1.41. The minimum atomic E-state index is -3.70. The Balaban J connectivity index is 2.84. The van der Waals surface area contributed by atoms with E-state index in [9.17, 15) is 13.2 Å². The third-order valence-electron chi connectivity index (χ3n) is 2.13. The molecule has 0 aromatic carbocycles. The van der Waals surface area contributed by atoms with E-state index in [1.807, 2.05) is 0 Å². The van der Waals surface area contributed by atoms with Crippen molar-refractivity contribution in [2.45, 2.75) is 17.9 Å². The summed E-state index contributed by atoms with van der Waals surface area (Å²) in [6.07, 6.45) is 2.60. The number of likely N-dealkylation sites (N-methyl/N-ethyl adjacent to an activating group) is 1. The van der Waals surface area contributed by atoms with E-state index in [1.165, 1.54) is 28.9 Å². The molecule has 0 aliphatic rings. The molecule has 0 saturated heterocycles. The lowest BCUT2D eigenvalue weighted by atomic mass is 10.3. The van der Waals surface area contributed by atoms with Crippen LogP contribution >= 0.6 is 0 Å². The molecule has 1 rings (SSSR count). The van der Waals surface area contributed by atoms with Gasteiger partial charge >= 0.3 is 0 Å². The number of amides is 1. The summed E-state index contributed by atoms with van der Waals surface area (Å²) in [4.78, 5) is 12.9. The lowest BCUT2D eigenvalue weighted by Crippen LogP contribution is -2.44. The van der Waals surface area contributed by atoms with Crippen molar-refractivity contribution in [2.75, 3.05) is 14.1 Å². The second kappa shape index (κ2) is 4.84. The normalized spacial score (nSPS) is 13.4. The summed E-state index contributed by atoms with van der Waals surface area (Å²) in [6.45, 7) is 1.50. The van der Waals surface area contributed by atoms with E-state index < -0.39 is 16.1 Å².